The fraction of sp³-hybridized carbons (Fsp3) is 0.409. The van der Waals surface area contributed by atoms with Gasteiger partial charge in [-0.1, -0.05) is 0 Å². The number of aliphatic hydroxyl groups excluding tert-OH is 1. The number of benzene rings is 1. The van der Waals surface area contributed by atoms with Crippen molar-refractivity contribution < 1.29 is 13.9 Å². The largest absolute Gasteiger partial charge is 0.371 e. The van der Waals surface area contributed by atoms with Gasteiger partial charge in [0.1, 0.15) is 17.9 Å². The van der Waals surface area contributed by atoms with E-state index in [0.29, 0.717) is 12.0 Å². The number of rotatable bonds is 5. The molecule has 3 aromatic rings. The van der Waals surface area contributed by atoms with Crippen molar-refractivity contribution in [3.05, 3.63) is 60.1 Å². The number of hydrogen-bond donors (Lipinski definition) is 1. The quantitative estimate of drug-likeness (QED) is 0.699. The summed E-state index contributed by atoms with van der Waals surface area (Å²) in [4.78, 5) is 8.65. The average molecular weight is 409 g/mol. The Morgan fingerprint density at radius 3 is 2.67 bits per heavy atom. The van der Waals surface area contributed by atoms with Gasteiger partial charge >= 0.3 is 0 Å². The van der Waals surface area contributed by atoms with Crippen LogP contribution in [0.4, 0.5) is 8.78 Å². The van der Waals surface area contributed by atoms with Crippen LogP contribution >= 0.6 is 0 Å². The number of fused-ring (bicyclic) bond motifs is 1. The molecule has 3 fully saturated rings. The van der Waals surface area contributed by atoms with E-state index in [4.69, 9.17) is 0 Å². The van der Waals surface area contributed by atoms with E-state index in [-0.39, 0.29) is 16.9 Å². The van der Waals surface area contributed by atoms with Gasteiger partial charge in [0, 0.05) is 36.9 Å². The minimum Gasteiger partial charge on any atom is -0.371 e. The number of nitrogens with zero attached hydrogens (tertiary/aromatic N) is 5. The third kappa shape index (κ3) is 2.52. The lowest BCUT2D eigenvalue weighted by molar-refractivity contribution is -0.296. The lowest BCUT2D eigenvalue weighted by Gasteiger charge is -2.73. The number of hydrazone groups is 1. The molecule has 0 spiro atoms. The maximum Gasteiger partial charge on any atom is 0.177 e. The highest BCUT2D eigenvalue weighted by atomic mass is 19.1. The Balaban J connectivity index is 1.18. The molecule has 0 saturated heterocycles. The molecule has 1 aromatic carbocycles. The van der Waals surface area contributed by atoms with Crippen molar-refractivity contribution in [3.63, 3.8) is 0 Å². The molecule has 4 aliphatic rings. The van der Waals surface area contributed by atoms with Gasteiger partial charge in [-0.15, -0.1) is 0 Å². The van der Waals surface area contributed by atoms with Crippen LogP contribution in [0.2, 0.25) is 0 Å². The van der Waals surface area contributed by atoms with E-state index < -0.39 is 17.9 Å². The molecule has 6 nitrogen and oxygen atoms in total. The number of aliphatic hydroxyl groups is 1. The third-order valence-corrected chi connectivity index (χ3v) is 7.01. The maximum absolute atomic E-state index is 13.7. The second kappa shape index (κ2) is 6.07. The van der Waals surface area contributed by atoms with Crippen LogP contribution in [0.25, 0.3) is 11.2 Å². The highest BCUT2D eigenvalue weighted by Gasteiger charge is 2.71. The van der Waals surface area contributed by atoms with E-state index in [9.17, 15) is 13.9 Å². The predicted molar refractivity (Wildman–Crippen MR) is 106 cm³/mol. The van der Waals surface area contributed by atoms with E-state index >= 15 is 0 Å². The Labute approximate surface area is 171 Å². The summed E-state index contributed by atoms with van der Waals surface area (Å²) >= 11 is 0. The van der Waals surface area contributed by atoms with Gasteiger partial charge in [-0.3, -0.25) is 5.01 Å². The smallest absolute Gasteiger partial charge is 0.177 e. The minimum absolute atomic E-state index is 0.161. The van der Waals surface area contributed by atoms with Crippen LogP contribution in [0, 0.1) is 22.5 Å². The van der Waals surface area contributed by atoms with Gasteiger partial charge in [0.2, 0.25) is 0 Å². The zero-order chi connectivity index (χ0) is 20.5. The molecule has 8 heteroatoms. The van der Waals surface area contributed by atoms with E-state index in [1.807, 2.05) is 18.5 Å². The lowest BCUT2D eigenvalue weighted by atomic mass is 9.34. The zero-order valence-electron chi connectivity index (χ0n) is 16.2. The molecule has 0 radical (unpaired) electrons. The SMILES string of the molecule is OC(N1N=CCC1c1cc(F)cc(F)c1)C12CC(Cn3cnc4ncccc43)(C1)C2. The molecule has 3 aliphatic carbocycles. The average Bonchev–Trinajstić information content (AvgIpc) is 3.29. The molecule has 7 rings (SSSR count). The molecule has 1 N–H and O–H groups in total. The summed E-state index contributed by atoms with van der Waals surface area (Å²) in [7, 11) is 0. The molecule has 2 aromatic heterocycles. The standard InChI is InChI=1S/C22H21F2N5O/c23-15-6-14(7-16(24)8-15)17-3-5-27-29(17)20(30)22-9-21(10-22,11-22)12-28-13-26-19-18(28)2-1-4-25-19/h1-2,4-8,13,17,20,30H,3,9-12H2. The van der Waals surface area contributed by atoms with Crippen LogP contribution in [-0.4, -0.2) is 37.1 Å². The van der Waals surface area contributed by atoms with Crippen molar-refractivity contribution >= 4 is 17.4 Å². The summed E-state index contributed by atoms with van der Waals surface area (Å²) in [5.41, 5.74) is 2.22. The molecule has 2 atom stereocenters. The van der Waals surface area contributed by atoms with Crippen molar-refractivity contribution in [2.24, 2.45) is 15.9 Å². The van der Waals surface area contributed by atoms with Gasteiger partial charge in [0.25, 0.3) is 0 Å². The molecule has 30 heavy (non-hydrogen) atoms. The first kappa shape index (κ1) is 17.9. The number of pyridine rings is 1. The lowest BCUT2D eigenvalue weighted by Crippen LogP contribution is -2.70. The molecule has 2 unspecified atom stereocenters. The summed E-state index contributed by atoms with van der Waals surface area (Å²) in [6, 6.07) is 7.09. The molecule has 2 bridgehead atoms. The highest BCUT2D eigenvalue weighted by molar-refractivity contribution is 5.70. The summed E-state index contributed by atoms with van der Waals surface area (Å²) < 4.78 is 29.5. The van der Waals surface area contributed by atoms with Crippen molar-refractivity contribution in [2.45, 2.75) is 44.5 Å². The van der Waals surface area contributed by atoms with E-state index in [1.165, 1.54) is 12.1 Å². The predicted octanol–water partition coefficient (Wildman–Crippen LogP) is 3.63. The summed E-state index contributed by atoms with van der Waals surface area (Å²) in [6.45, 7) is 0.853. The molecule has 0 amide bonds. The van der Waals surface area contributed by atoms with Crippen LogP contribution in [0.5, 0.6) is 0 Å². The van der Waals surface area contributed by atoms with Gasteiger partial charge in [-0.05, 0) is 54.5 Å². The topological polar surface area (TPSA) is 66.5 Å². The summed E-state index contributed by atoms with van der Waals surface area (Å²) in [5.74, 6) is -1.23. The van der Waals surface area contributed by atoms with Crippen LogP contribution in [0.1, 0.15) is 37.3 Å². The fourth-order valence-electron chi connectivity index (χ4n) is 5.91. The number of hydrogen-bond acceptors (Lipinski definition) is 5. The van der Waals surface area contributed by atoms with Gasteiger partial charge in [-0.25, -0.2) is 18.7 Å². The van der Waals surface area contributed by atoms with Crippen LogP contribution in [0.3, 0.4) is 0 Å². The molecule has 3 heterocycles. The van der Waals surface area contributed by atoms with E-state index in [1.54, 1.807) is 17.4 Å². The third-order valence-electron chi connectivity index (χ3n) is 7.01. The molecule has 3 saturated carbocycles. The van der Waals surface area contributed by atoms with Crippen molar-refractivity contribution in [1.82, 2.24) is 19.5 Å². The van der Waals surface area contributed by atoms with Crippen molar-refractivity contribution in [2.75, 3.05) is 0 Å². The molecular weight excluding hydrogens is 388 g/mol. The normalized spacial score (nSPS) is 30.4. The molecule has 1 aliphatic heterocycles. The summed E-state index contributed by atoms with van der Waals surface area (Å²) in [5, 5.41) is 17.1. The Morgan fingerprint density at radius 1 is 1.13 bits per heavy atom. The van der Waals surface area contributed by atoms with Crippen molar-refractivity contribution in [1.29, 1.82) is 0 Å². The monoisotopic (exact) mass is 409 g/mol. The Kier molecular flexibility index (Phi) is 3.63. The summed E-state index contributed by atoms with van der Waals surface area (Å²) in [6.07, 6.45) is 7.74. The van der Waals surface area contributed by atoms with Crippen LogP contribution in [0.15, 0.2) is 48.0 Å². The van der Waals surface area contributed by atoms with Crippen molar-refractivity contribution in [3.8, 4) is 0 Å². The Morgan fingerprint density at radius 2 is 1.90 bits per heavy atom. The van der Waals surface area contributed by atoms with Gasteiger partial charge in [-0.2, -0.15) is 5.10 Å². The first-order valence-corrected chi connectivity index (χ1v) is 10.2. The second-order valence-corrected chi connectivity index (χ2v) is 9.12. The Hall–Kier alpha value is -2.87. The van der Waals surface area contributed by atoms with Crippen LogP contribution < -0.4 is 0 Å². The maximum atomic E-state index is 13.7. The van der Waals surface area contributed by atoms with Gasteiger partial charge < -0.3 is 9.67 Å². The second-order valence-electron chi connectivity index (χ2n) is 9.12. The molecular formula is C22H21F2N5O. The zero-order valence-corrected chi connectivity index (χ0v) is 16.2. The van der Waals surface area contributed by atoms with E-state index in [0.717, 1.165) is 43.0 Å². The fourth-order valence-corrected chi connectivity index (χ4v) is 5.91. The molecule has 154 valence electrons. The minimum atomic E-state index is -0.768. The number of imidazole rings is 1. The van der Waals surface area contributed by atoms with Gasteiger partial charge in [0.15, 0.2) is 5.65 Å². The first-order valence-electron chi connectivity index (χ1n) is 10.2. The number of aromatic nitrogens is 3. The van der Waals surface area contributed by atoms with Gasteiger partial charge in [0.05, 0.1) is 17.9 Å². The Bertz CT molecular complexity index is 1140. The first-order chi connectivity index (χ1) is 14.5. The van der Waals surface area contributed by atoms with E-state index in [2.05, 4.69) is 19.6 Å². The number of halogens is 2. The van der Waals surface area contributed by atoms with Crippen LogP contribution in [-0.2, 0) is 6.54 Å². The highest BCUT2D eigenvalue weighted by Crippen LogP contribution is 2.76.